The Morgan fingerprint density at radius 1 is 1.25 bits per heavy atom. The highest BCUT2D eigenvalue weighted by Crippen LogP contribution is 2.09. The molecule has 0 saturated carbocycles. The molecule has 1 aromatic rings. The normalized spacial score (nSPS) is 10.8. The largest absolute Gasteiger partial charge is 0.714 e. The summed E-state index contributed by atoms with van der Waals surface area (Å²) in [7, 11) is -5.05. The van der Waals surface area contributed by atoms with Crippen molar-refractivity contribution in [2.24, 2.45) is 0 Å². The summed E-state index contributed by atoms with van der Waals surface area (Å²) >= 11 is 0. The number of nitrogens with two attached hydrogens (primary N) is 2. The molecule has 0 aliphatic carbocycles. The zero-order chi connectivity index (χ0) is 15.3. The lowest BCUT2D eigenvalue weighted by molar-refractivity contribution is -0.837. The minimum absolute atomic E-state index is 0.114. The van der Waals surface area contributed by atoms with Gasteiger partial charge in [-0.15, -0.1) is 13.2 Å². The second kappa shape index (κ2) is 6.16. The topological polar surface area (TPSA) is 151 Å². The van der Waals surface area contributed by atoms with Crippen LogP contribution in [0.5, 0.6) is 0 Å². The average molecular weight is 302 g/mol. The highest BCUT2D eigenvalue weighted by molar-refractivity contribution is 7.80. The Morgan fingerprint density at radius 3 is 2.05 bits per heavy atom. The molecule has 11 heteroatoms. The van der Waals surface area contributed by atoms with Crippen LogP contribution in [0.2, 0.25) is 0 Å². The van der Waals surface area contributed by atoms with E-state index in [-0.39, 0.29) is 5.95 Å². The molecule has 0 radical (unpaired) electrons. The van der Waals surface area contributed by atoms with Crippen LogP contribution in [-0.4, -0.2) is 36.0 Å². The number of anilines is 3. The molecule has 0 aliphatic rings. The maximum Gasteiger partial charge on any atom is 0.360 e. The Balaban J connectivity index is 3.20. The predicted octanol–water partition coefficient (Wildman–Crippen LogP) is -2.00. The van der Waals surface area contributed by atoms with Crippen LogP contribution in [0, 0.1) is 0 Å². The molecule has 4 N–H and O–H groups in total. The lowest BCUT2D eigenvalue weighted by Crippen LogP contribution is -2.51. The van der Waals surface area contributed by atoms with Crippen molar-refractivity contribution in [3.8, 4) is 0 Å². The van der Waals surface area contributed by atoms with E-state index in [0.717, 1.165) is 0 Å². The fraction of sp³-hybridized carbons (Fsp3) is 0.222. The summed E-state index contributed by atoms with van der Waals surface area (Å²) in [5.41, 5.74) is 11.0. The van der Waals surface area contributed by atoms with Gasteiger partial charge in [-0.3, -0.25) is 4.28 Å². The molecule has 0 fully saturated rings. The number of hydrogen-bond donors (Lipinski definition) is 2. The molecular weight excluding hydrogens is 288 g/mol. The first-order chi connectivity index (χ1) is 9.28. The molecule has 0 aliphatic heterocycles. The van der Waals surface area contributed by atoms with Gasteiger partial charge in [-0.1, -0.05) is 22.1 Å². The summed E-state index contributed by atoms with van der Waals surface area (Å²) in [6, 6.07) is 0. The first-order valence-corrected chi connectivity index (χ1v) is 6.59. The van der Waals surface area contributed by atoms with Gasteiger partial charge in [0.05, 0.1) is 0 Å². The monoisotopic (exact) mass is 302 g/mol. The molecule has 20 heavy (non-hydrogen) atoms. The number of nitrogen functional groups attached to an aromatic ring is 2. The Bertz CT molecular complexity index is 584. The third-order valence-corrected chi connectivity index (χ3v) is 2.32. The first kappa shape index (κ1) is 15.7. The van der Waals surface area contributed by atoms with Gasteiger partial charge < -0.3 is 20.9 Å². The summed E-state index contributed by atoms with van der Waals surface area (Å²) in [5.74, 6) is -0.766. The fourth-order valence-corrected chi connectivity index (χ4v) is 1.63. The van der Waals surface area contributed by atoms with Gasteiger partial charge in [0.15, 0.2) is 0 Å². The van der Waals surface area contributed by atoms with Crippen LogP contribution in [0.3, 0.4) is 0 Å². The van der Waals surface area contributed by atoms with E-state index in [1.165, 1.54) is 0 Å². The van der Waals surface area contributed by atoms with Crippen LogP contribution in [0.15, 0.2) is 25.3 Å². The molecule has 0 aromatic carbocycles. The zero-order valence-electron chi connectivity index (χ0n) is 10.5. The second-order valence-corrected chi connectivity index (χ2v) is 4.47. The summed E-state index contributed by atoms with van der Waals surface area (Å²) in [4.78, 5) is 9.23. The fourth-order valence-electron chi connectivity index (χ4n) is 1.30. The summed E-state index contributed by atoms with van der Waals surface area (Å²) in [6.07, 6.45) is 3.19. The van der Waals surface area contributed by atoms with Crippen molar-refractivity contribution in [1.29, 1.82) is 0 Å². The van der Waals surface area contributed by atoms with Crippen LogP contribution in [0.25, 0.3) is 0 Å². The van der Waals surface area contributed by atoms with E-state index < -0.39 is 22.3 Å². The Hall–Kier alpha value is -2.40. The smallest absolute Gasteiger partial charge is 0.360 e. The molecule has 0 unspecified atom stereocenters. The molecule has 1 rings (SSSR count). The number of nitrogens with zero attached hydrogens (tertiary/aromatic N) is 4. The molecule has 0 saturated heterocycles. The van der Waals surface area contributed by atoms with Crippen LogP contribution in [-0.2, 0) is 10.4 Å². The van der Waals surface area contributed by atoms with Gasteiger partial charge in [0.1, 0.15) is 0 Å². The highest BCUT2D eigenvalue weighted by Gasteiger charge is 2.21. The molecule has 0 bridgehead atoms. The van der Waals surface area contributed by atoms with E-state index >= 15 is 0 Å². The molecule has 1 heterocycles. The average Bonchev–Trinajstić information content (AvgIpc) is 2.32. The SMILES string of the molecule is C=CCN(CC=C)c1nc(N)[n+](OS(=O)(=O)[O-])c(N)n1. The summed E-state index contributed by atoms with van der Waals surface area (Å²) < 4.78 is 35.9. The zero-order valence-corrected chi connectivity index (χ0v) is 11.3. The lowest BCUT2D eigenvalue weighted by Gasteiger charge is -2.17. The van der Waals surface area contributed by atoms with E-state index in [1.807, 2.05) is 0 Å². The predicted molar refractivity (Wildman–Crippen MR) is 69.9 cm³/mol. The van der Waals surface area contributed by atoms with E-state index in [4.69, 9.17) is 11.5 Å². The van der Waals surface area contributed by atoms with Crippen molar-refractivity contribution in [3.63, 3.8) is 0 Å². The molecule has 1 aromatic heterocycles. The van der Waals surface area contributed by atoms with Crippen LogP contribution < -0.4 is 25.4 Å². The Morgan fingerprint density at radius 2 is 1.70 bits per heavy atom. The Kier molecular flexibility index (Phi) is 4.83. The number of rotatable bonds is 7. The lowest BCUT2D eigenvalue weighted by atomic mass is 10.4. The van der Waals surface area contributed by atoms with Gasteiger partial charge in [-0.2, -0.15) is 8.42 Å². The van der Waals surface area contributed by atoms with Gasteiger partial charge in [-0.25, -0.2) is 0 Å². The third kappa shape index (κ3) is 4.07. The van der Waals surface area contributed by atoms with Crippen molar-refractivity contribution in [3.05, 3.63) is 25.3 Å². The van der Waals surface area contributed by atoms with E-state index in [9.17, 15) is 13.0 Å². The standard InChI is InChI=1S/C9H14N6O4S/c1-3-5-14(6-4-2)9-12-7(10)15(8(11)13-9)19-20(16,17)18/h3-4H,1-2,5-6H2,(H4,10,11,12,13,16,17,18). The minimum Gasteiger partial charge on any atom is -0.714 e. The Labute approximate surface area is 115 Å². The van der Waals surface area contributed by atoms with Gasteiger partial charge >= 0.3 is 17.8 Å². The molecule has 10 nitrogen and oxygen atoms in total. The highest BCUT2D eigenvalue weighted by atomic mass is 32.3. The maximum atomic E-state index is 10.5. The van der Waals surface area contributed by atoms with Gasteiger partial charge in [0, 0.05) is 13.1 Å². The van der Waals surface area contributed by atoms with E-state index in [2.05, 4.69) is 27.4 Å². The third-order valence-electron chi connectivity index (χ3n) is 1.99. The summed E-state index contributed by atoms with van der Waals surface area (Å²) in [5, 5.41) is 0. The van der Waals surface area contributed by atoms with Crippen molar-refractivity contribution in [2.75, 3.05) is 29.5 Å². The van der Waals surface area contributed by atoms with Crippen LogP contribution in [0.1, 0.15) is 0 Å². The quantitative estimate of drug-likeness (QED) is 0.252. The van der Waals surface area contributed by atoms with E-state index in [0.29, 0.717) is 17.8 Å². The number of hydrogen-bond acceptors (Lipinski definition) is 9. The van der Waals surface area contributed by atoms with Crippen molar-refractivity contribution < 1.29 is 22.0 Å². The minimum atomic E-state index is -5.05. The number of aromatic nitrogens is 3. The van der Waals surface area contributed by atoms with Gasteiger partial charge in [0.2, 0.25) is 0 Å². The van der Waals surface area contributed by atoms with Gasteiger partial charge in [0.25, 0.3) is 10.4 Å². The van der Waals surface area contributed by atoms with E-state index in [1.54, 1.807) is 17.1 Å². The van der Waals surface area contributed by atoms with Crippen LogP contribution >= 0.6 is 0 Å². The molecule has 0 atom stereocenters. The second-order valence-electron chi connectivity index (χ2n) is 3.50. The van der Waals surface area contributed by atoms with Crippen molar-refractivity contribution >= 4 is 28.2 Å². The van der Waals surface area contributed by atoms with Gasteiger partial charge in [-0.05, 0) is 4.73 Å². The summed E-state index contributed by atoms with van der Waals surface area (Å²) in [6.45, 7) is 7.92. The van der Waals surface area contributed by atoms with Crippen LogP contribution in [0.4, 0.5) is 17.8 Å². The molecule has 0 spiro atoms. The van der Waals surface area contributed by atoms with Crippen molar-refractivity contribution in [1.82, 2.24) is 9.97 Å². The maximum absolute atomic E-state index is 10.5. The molecule has 0 amide bonds. The van der Waals surface area contributed by atoms with Crippen molar-refractivity contribution in [2.45, 2.75) is 0 Å². The first-order valence-electron chi connectivity index (χ1n) is 5.26. The molecular formula is C9H14N6O4S. The molecule has 110 valence electrons.